The molecule has 1 saturated heterocycles. The minimum atomic E-state index is 0.599. The normalized spacial score (nSPS) is 41.2. The number of thioether (sulfide) groups is 1. The highest BCUT2D eigenvalue weighted by Gasteiger charge is 2.25. The van der Waals surface area contributed by atoms with Crippen molar-refractivity contribution in [2.75, 3.05) is 12.4 Å². The van der Waals surface area contributed by atoms with Gasteiger partial charge in [0, 0.05) is 11.0 Å². The quantitative estimate of drug-likeness (QED) is 0.627. The molecule has 1 unspecified atom stereocenters. The molecule has 0 aromatic carbocycles. The molecule has 70 valence electrons. The molecule has 12 heavy (non-hydrogen) atoms. The van der Waals surface area contributed by atoms with Crippen LogP contribution < -0.4 is 0 Å². The van der Waals surface area contributed by atoms with Crippen LogP contribution >= 0.6 is 11.8 Å². The molecule has 1 heterocycles. The number of rotatable bonds is 3. The highest BCUT2D eigenvalue weighted by Crippen LogP contribution is 2.32. The third-order valence-corrected chi connectivity index (χ3v) is 3.82. The maximum Gasteiger partial charge on any atom is 0.0596 e. The van der Waals surface area contributed by atoms with Crippen LogP contribution in [0.4, 0.5) is 0 Å². The van der Waals surface area contributed by atoms with Crippen LogP contribution in [0.25, 0.3) is 0 Å². The second-order valence-electron chi connectivity index (χ2n) is 4.17. The average Bonchev–Trinajstić information content (AvgIpc) is 2.87. The van der Waals surface area contributed by atoms with Gasteiger partial charge >= 0.3 is 0 Å². The van der Waals surface area contributed by atoms with Crippen molar-refractivity contribution in [1.82, 2.24) is 0 Å². The fourth-order valence-electron chi connectivity index (χ4n) is 1.80. The molecule has 2 rings (SSSR count). The van der Waals surface area contributed by atoms with E-state index < -0.39 is 0 Å². The summed E-state index contributed by atoms with van der Waals surface area (Å²) in [6.07, 6.45) is 5.96. The van der Waals surface area contributed by atoms with Crippen LogP contribution in [-0.2, 0) is 4.74 Å². The van der Waals surface area contributed by atoms with Crippen LogP contribution in [0.15, 0.2) is 0 Å². The van der Waals surface area contributed by atoms with Gasteiger partial charge in [0.25, 0.3) is 0 Å². The summed E-state index contributed by atoms with van der Waals surface area (Å²) in [6, 6.07) is 0. The van der Waals surface area contributed by atoms with Gasteiger partial charge in [-0.3, -0.25) is 0 Å². The lowest BCUT2D eigenvalue weighted by molar-refractivity contribution is 0.0244. The summed E-state index contributed by atoms with van der Waals surface area (Å²) in [4.78, 5) is 0. The number of ether oxygens (including phenoxy) is 1. The molecule has 1 nitrogen and oxygen atoms in total. The summed E-state index contributed by atoms with van der Waals surface area (Å²) in [5, 5.41) is 0.851. The average molecular weight is 186 g/mol. The maximum atomic E-state index is 5.83. The van der Waals surface area contributed by atoms with Crippen LogP contribution in [0.1, 0.15) is 32.6 Å². The predicted octanol–water partition coefficient (Wildman–Crippen LogP) is 2.70. The van der Waals surface area contributed by atoms with Gasteiger partial charge in [-0.1, -0.05) is 6.92 Å². The molecule has 2 aliphatic rings. The molecular weight excluding hydrogens is 168 g/mol. The van der Waals surface area contributed by atoms with Crippen LogP contribution in [-0.4, -0.2) is 23.7 Å². The standard InChI is InChI=1S/C10H18OS/c1-8-2-4-9(5-3-8)11-6-10-7-12-10/h8-10H,2-7H2,1H3. The molecule has 0 bridgehead atoms. The van der Waals surface area contributed by atoms with E-state index in [0.29, 0.717) is 6.10 Å². The van der Waals surface area contributed by atoms with Gasteiger partial charge < -0.3 is 4.74 Å². The fraction of sp³-hybridized carbons (Fsp3) is 1.00. The zero-order valence-corrected chi connectivity index (χ0v) is 8.61. The highest BCUT2D eigenvalue weighted by molar-refractivity contribution is 8.06. The summed E-state index contributed by atoms with van der Waals surface area (Å²) in [6.45, 7) is 3.37. The Morgan fingerprint density at radius 2 is 1.92 bits per heavy atom. The second-order valence-corrected chi connectivity index (χ2v) is 5.50. The molecule has 1 saturated carbocycles. The van der Waals surface area contributed by atoms with E-state index in [1.165, 1.54) is 31.4 Å². The largest absolute Gasteiger partial charge is 0.377 e. The van der Waals surface area contributed by atoms with Gasteiger partial charge in [-0.25, -0.2) is 0 Å². The van der Waals surface area contributed by atoms with Gasteiger partial charge in [0.15, 0.2) is 0 Å². The molecule has 0 aromatic heterocycles. The molecule has 2 fully saturated rings. The van der Waals surface area contributed by atoms with Crippen LogP contribution in [0.3, 0.4) is 0 Å². The van der Waals surface area contributed by atoms with E-state index in [9.17, 15) is 0 Å². The van der Waals surface area contributed by atoms with Crippen LogP contribution in [0, 0.1) is 5.92 Å². The Kier molecular flexibility index (Phi) is 2.97. The van der Waals surface area contributed by atoms with Crippen molar-refractivity contribution in [2.24, 2.45) is 5.92 Å². The Balaban J connectivity index is 1.60. The zero-order valence-electron chi connectivity index (χ0n) is 7.79. The molecule has 0 aromatic rings. The van der Waals surface area contributed by atoms with E-state index in [1.807, 2.05) is 11.8 Å². The Morgan fingerprint density at radius 1 is 1.25 bits per heavy atom. The summed E-state index contributed by atoms with van der Waals surface area (Å²) >= 11 is 2.03. The molecule has 1 aliphatic heterocycles. The first-order valence-electron chi connectivity index (χ1n) is 5.08. The maximum absolute atomic E-state index is 5.83. The molecule has 1 aliphatic carbocycles. The fourth-order valence-corrected chi connectivity index (χ4v) is 2.21. The molecule has 1 atom stereocenters. The molecule has 0 N–H and O–H groups in total. The molecule has 0 radical (unpaired) electrons. The van der Waals surface area contributed by atoms with Crippen molar-refractivity contribution in [3.8, 4) is 0 Å². The van der Waals surface area contributed by atoms with E-state index >= 15 is 0 Å². The lowest BCUT2D eigenvalue weighted by Crippen LogP contribution is -2.21. The van der Waals surface area contributed by atoms with Gasteiger partial charge in [-0.2, -0.15) is 11.8 Å². The van der Waals surface area contributed by atoms with E-state index in [4.69, 9.17) is 4.74 Å². The Hall–Kier alpha value is 0.310. The zero-order chi connectivity index (χ0) is 8.39. The summed E-state index contributed by atoms with van der Waals surface area (Å²) in [5.74, 6) is 2.28. The smallest absolute Gasteiger partial charge is 0.0596 e. The second kappa shape index (κ2) is 4.01. The van der Waals surface area contributed by atoms with Crippen molar-refractivity contribution in [2.45, 2.75) is 44.0 Å². The van der Waals surface area contributed by atoms with Crippen molar-refractivity contribution >= 4 is 11.8 Å². The van der Waals surface area contributed by atoms with Crippen molar-refractivity contribution in [3.05, 3.63) is 0 Å². The van der Waals surface area contributed by atoms with E-state index in [2.05, 4.69) is 6.92 Å². The molecule has 0 amide bonds. The van der Waals surface area contributed by atoms with Crippen molar-refractivity contribution in [1.29, 1.82) is 0 Å². The summed E-state index contributed by atoms with van der Waals surface area (Å²) in [7, 11) is 0. The van der Waals surface area contributed by atoms with Gasteiger partial charge in [0.05, 0.1) is 12.7 Å². The van der Waals surface area contributed by atoms with E-state index in [1.54, 1.807) is 0 Å². The Bertz CT molecular complexity index is 137. The van der Waals surface area contributed by atoms with Crippen LogP contribution in [0.5, 0.6) is 0 Å². The number of hydrogen-bond donors (Lipinski definition) is 0. The summed E-state index contributed by atoms with van der Waals surface area (Å²) < 4.78 is 5.83. The first-order chi connectivity index (χ1) is 5.84. The number of hydrogen-bond acceptors (Lipinski definition) is 2. The van der Waals surface area contributed by atoms with E-state index in [-0.39, 0.29) is 0 Å². The molecule has 0 spiro atoms. The summed E-state index contributed by atoms with van der Waals surface area (Å²) in [5.41, 5.74) is 0. The lowest BCUT2D eigenvalue weighted by atomic mass is 9.89. The van der Waals surface area contributed by atoms with Gasteiger partial charge in [-0.05, 0) is 31.6 Å². The highest BCUT2D eigenvalue weighted by atomic mass is 32.2. The van der Waals surface area contributed by atoms with E-state index in [0.717, 1.165) is 17.8 Å². The van der Waals surface area contributed by atoms with Gasteiger partial charge in [0.1, 0.15) is 0 Å². The van der Waals surface area contributed by atoms with Crippen molar-refractivity contribution in [3.63, 3.8) is 0 Å². The SMILES string of the molecule is CC1CCC(OCC2CS2)CC1. The first kappa shape index (κ1) is 8.89. The first-order valence-corrected chi connectivity index (χ1v) is 6.12. The minimum Gasteiger partial charge on any atom is -0.377 e. The van der Waals surface area contributed by atoms with Gasteiger partial charge in [0.2, 0.25) is 0 Å². The third kappa shape index (κ3) is 2.67. The Morgan fingerprint density at radius 3 is 2.50 bits per heavy atom. The molecule has 2 heteroatoms. The predicted molar refractivity (Wildman–Crippen MR) is 53.6 cm³/mol. The monoisotopic (exact) mass is 186 g/mol. The minimum absolute atomic E-state index is 0.599. The molecular formula is C10H18OS. The third-order valence-electron chi connectivity index (χ3n) is 2.88. The topological polar surface area (TPSA) is 9.23 Å². The Labute approximate surface area is 79.2 Å². The van der Waals surface area contributed by atoms with Crippen LogP contribution in [0.2, 0.25) is 0 Å². The lowest BCUT2D eigenvalue weighted by Gasteiger charge is -2.26. The van der Waals surface area contributed by atoms with Gasteiger partial charge in [-0.15, -0.1) is 0 Å². The van der Waals surface area contributed by atoms with Crippen molar-refractivity contribution < 1.29 is 4.74 Å².